The van der Waals surface area contributed by atoms with E-state index >= 15 is 0 Å². The molecule has 1 aromatic heterocycles. The minimum atomic E-state index is 0.352. The first-order valence-electron chi connectivity index (χ1n) is 6.08. The van der Waals surface area contributed by atoms with E-state index in [4.69, 9.17) is 4.74 Å². The van der Waals surface area contributed by atoms with E-state index in [0.29, 0.717) is 12.0 Å². The molecule has 0 saturated heterocycles. The summed E-state index contributed by atoms with van der Waals surface area (Å²) in [5.74, 6) is 1.44. The molecule has 1 fully saturated rings. The van der Waals surface area contributed by atoms with Gasteiger partial charge in [0, 0.05) is 6.20 Å². The Kier molecular flexibility index (Phi) is 4.22. The van der Waals surface area contributed by atoms with Gasteiger partial charge in [-0.1, -0.05) is 13.3 Å². The van der Waals surface area contributed by atoms with Crippen LogP contribution >= 0.6 is 15.9 Å². The molecule has 1 aromatic rings. The third kappa shape index (κ3) is 2.76. The van der Waals surface area contributed by atoms with Crippen LogP contribution < -0.4 is 4.74 Å². The Morgan fingerprint density at radius 1 is 1.44 bits per heavy atom. The summed E-state index contributed by atoms with van der Waals surface area (Å²) in [7, 11) is 0. The molecular weight excluding hydrogens is 266 g/mol. The Morgan fingerprint density at radius 2 is 2.25 bits per heavy atom. The molecule has 0 bridgehead atoms. The van der Waals surface area contributed by atoms with E-state index in [-0.39, 0.29) is 0 Å². The minimum absolute atomic E-state index is 0.352. The van der Waals surface area contributed by atoms with E-state index in [9.17, 15) is 0 Å². The largest absolute Gasteiger partial charge is 0.473 e. The predicted octanol–water partition coefficient (Wildman–Crippen LogP) is 4.19. The third-order valence-corrected chi connectivity index (χ3v) is 3.95. The van der Waals surface area contributed by atoms with E-state index in [1.165, 1.54) is 32.1 Å². The van der Waals surface area contributed by atoms with Crippen LogP contribution in [0.15, 0.2) is 22.8 Å². The van der Waals surface area contributed by atoms with Crippen molar-refractivity contribution in [2.45, 2.75) is 45.1 Å². The van der Waals surface area contributed by atoms with E-state index < -0.39 is 0 Å². The van der Waals surface area contributed by atoms with E-state index in [2.05, 4.69) is 27.8 Å². The molecule has 0 aliphatic heterocycles. The van der Waals surface area contributed by atoms with Gasteiger partial charge in [-0.15, -0.1) is 0 Å². The number of ether oxygens (including phenoxy) is 1. The molecule has 2 rings (SSSR count). The van der Waals surface area contributed by atoms with Crippen molar-refractivity contribution in [1.29, 1.82) is 0 Å². The first kappa shape index (κ1) is 11.9. The number of hydrogen-bond acceptors (Lipinski definition) is 2. The molecule has 1 aliphatic carbocycles. The van der Waals surface area contributed by atoms with Gasteiger partial charge in [0.15, 0.2) is 0 Å². The maximum Gasteiger partial charge on any atom is 0.228 e. The monoisotopic (exact) mass is 283 g/mol. The zero-order valence-electron chi connectivity index (χ0n) is 9.66. The fraction of sp³-hybridized carbons (Fsp3) is 0.615. The SMILES string of the molecule is CCC1CCCCC1Oc1ncccc1Br. The van der Waals surface area contributed by atoms with Crippen LogP contribution in [0.4, 0.5) is 0 Å². The minimum Gasteiger partial charge on any atom is -0.473 e. The standard InChI is InChI=1S/C13H18BrNO/c1-2-10-6-3-4-8-12(10)16-13-11(14)7-5-9-15-13/h5,7,9-10,12H,2-4,6,8H2,1H3. The van der Waals surface area contributed by atoms with Gasteiger partial charge >= 0.3 is 0 Å². The molecular formula is C13H18BrNO. The second-order valence-electron chi connectivity index (χ2n) is 4.40. The maximum atomic E-state index is 6.03. The van der Waals surface area contributed by atoms with Crippen molar-refractivity contribution in [2.75, 3.05) is 0 Å². The number of hydrogen-bond donors (Lipinski definition) is 0. The summed E-state index contributed by atoms with van der Waals surface area (Å²) in [6.07, 6.45) is 8.43. The average Bonchev–Trinajstić information content (AvgIpc) is 2.33. The second-order valence-corrected chi connectivity index (χ2v) is 5.25. The highest BCUT2D eigenvalue weighted by Crippen LogP contribution is 2.32. The van der Waals surface area contributed by atoms with Crippen LogP contribution in [-0.2, 0) is 0 Å². The van der Waals surface area contributed by atoms with Gasteiger partial charge in [-0.3, -0.25) is 0 Å². The molecule has 16 heavy (non-hydrogen) atoms. The van der Waals surface area contributed by atoms with Crippen molar-refractivity contribution in [1.82, 2.24) is 4.98 Å². The molecule has 88 valence electrons. The van der Waals surface area contributed by atoms with Crippen molar-refractivity contribution in [3.8, 4) is 5.88 Å². The number of halogens is 1. The molecule has 2 unspecified atom stereocenters. The van der Waals surface area contributed by atoms with Gasteiger partial charge in [-0.2, -0.15) is 0 Å². The van der Waals surface area contributed by atoms with Crippen LogP contribution in [-0.4, -0.2) is 11.1 Å². The lowest BCUT2D eigenvalue weighted by molar-refractivity contribution is 0.0850. The van der Waals surface area contributed by atoms with E-state index in [1.807, 2.05) is 12.1 Å². The summed E-state index contributed by atoms with van der Waals surface area (Å²) in [4.78, 5) is 4.27. The van der Waals surface area contributed by atoms with Crippen LogP contribution in [0.3, 0.4) is 0 Å². The van der Waals surface area contributed by atoms with E-state index in [0.717, 1.165) is 10.4 Å². The van der Waals surface area contributed by atoms with Gasteiger partial charge in [0.25, 0.3) is 0 Å². The molecule has 1 aliphatic rings. The van der Waals surface area contributed by atoms with Gasteiger partial charge in [-0.25, -0.2) is 4.98 Å². The van der Waals surface area contributed by atoms with Crippen LogP contribution in [0, 0.1) is 5.92 Å². The zero-order chi connectivity index (χ0) is 11.4. The second kappa shape index (κ2) is 5.67. The third-order valence-electron chi connectivity index (χ3n) is 3.35. The molecule has 0 amide bonds. The fourth-order valence-corrected chi connectivity index (χ4v) is 2.75. The average molecular weight is 284 g/mol. The van der Waals surface area contributed by atoms with Crippen molar-refractivity contribution in [3.05, 3.63) is 22.8 Å². The lowest BCUT2D eigenvalue weighted by atomic mass is 9.85. The number of aromatic nitrogens is 1. The lowest BCUT2D eigenvalue weighted by Crippen LogP contribution is -2.30. The molecule has 3 heteroatoms. The Bertz CT molecular complexity index is 342. The van der Waals surface area contributed by atoms with Crippen LogP contribution in [0.2, 0.25) is 0 Å². The smallest absolute Gasteiger partial charge is 0.228 e. The Morgan fingerprint density at radius 3 is 3.00 bits per heavy atom. The van der Waals surface area contributed by atoms with Gasteiger partial charge < -0.3 is 4.74 Å². The molecule has 0 radical (unpaired) electrons. The fourth-order valence-electron chi connectivity index (χ4n) is 2.40. The molecule has 2 atom stereocenters. The normalized spacial score (nSPS) is 25.4. The van der Waals surface area contributed by atoms with Crippen molar-refractivity contribution >= 4 is 15.9 Å². The van der Waals surface area contributed by atoms with E-state index in [1.54, 1.807) is 6.20 Å². The number of nitrogens with zero attached hydrogens (tertiary/aromatic N) is 1. The summed E-state index contributed by atoms with van der Waals surface area (Å²) in [5.41, 5.74) is 0. The highest BCUT2D eigenvalue weighted by Gasteiger charge is 2.26. The summed E-state index contributed by atoms with van der Waals surface area (Å²) in [5, 5.41) is 0. The molecule has 2 nitrogen and oxygen atoms in total. The number of rotatable bonds is 3. The Balaban J connectivity index is 2.05. The number of pyridine rings is 1. The van der Waals surface area contributed by atoms with Crippen molar-refractivity contribution in [2.24, 2.45) is 5.92 Å². The molecule has 1 saturated carbocycles. The van der Waals surface area contributed by atoms with Crippen molar-refractivity contribution < 1.29 is 4.74 Å². The summed E-state index contributed by atoms with van der Waals surface area (Å²) in [6.45, 7) is 2.25. The molecule has 0 aromatic carbocycles. The van der Waals surface area contributed by atoms with Crippen LogP contribution in [0.5, 0.6) is 5.88 Å². The summed E-state index contributed by atoms with van der Waals surface area (Å²) < 4.78 is 6.99. The molecule has 1 heterocycles. The van der Waals surface area contributed by atoms with Gasteiger partial charge in [0.05, 0.1) is 4.47 Å². The predicted molar refractivity (Wildman–Crippen MR) is 68.6 cm³/mol. The van der Waals surface area contributed by atoms with Crippen molar-refractivity contribution in [3.63, 3.8) is 0 Å². The summed E-state index contributed by atoms with van der Waals surface area (Å²) in [6, 6.07) is 3.89. The highest BCUT2D eigenvalue weighted by molar-refractivity contribution is 9.10. The summed E-state index contributed by atoms with van der Waals surface area (Å²) >= 11 is 3.48. The van der Waals surface area contributed by atoms with Gasteiger partial charge in [0.2, 0.25) is 5.88 Å². The zero-order valence-corrected chi connectivity index (χ0v) is 11.2. The van der Waals surface area contributed by atoms with Crippen LogP contribution in [0.25, 0.3) is 0 Å². The first-order chi connectivity index (χ1) is 7.81. The first-order valence-corrected chi connectivity index (χ1v) is 6.87. The molecule has 0 spiro atoms. The van der Waals surface area contributed by atoms with Gasteiger partial charge in [-0.05, 0) is 59.7 Å². The Hall–Kier alpha value is -0.570. The maximum absolute atomic E-state index is 6.03. The molecule has 0 N–H and O–H groups in total. The van der Waals surface area contributed by atoms with Gasteiger partial charge in [0.1, 0.15) is 6.10 Å². The quantitative estimate of drug-likeness (QED) is 0.830. The lowest BCUT2D eigenvalue weighted by Gasteiger charge is -2.30. The topological polar surface area (TPSA) is 22.1 Å². The van der Waals surface area contributed by atoms with Crippen LogP contribution in [0.1, 0.15) is 39.0 Å². The highest BCUT2D eigenvalue weighted by atomic mass is 79.9. The Labute approximate surface area is 106 Å².